The zero-order valence-corrected chi connectivity index (χ0v) is 18.2. The number of nitrogens with zero attached hydrogens (tertiary/aromatic N) is 1. The molecule has 1 saturated heterocycles. The Morgan fingerprint density at radius 2 is 1.66 bits per heavy atom. The van der Waals surface area contributed by atoms with E-state index >= 15 is 0 Å². The molecule has 0 amide bonds. The van der Waals surface area contributed by atoms with Gasteiger partial charge in [-0.1, -0.05) is 18.2 Å². The van der Waals surface area contributed by atoms with Crippen LogP contribution in [0.25, 0.3) is 0 Å². The average Bonchev–Trinajstić information content (AvgIpc) is 2.77. The van der Waals surface area contributed by atoms with E-state index in [-0.39, 0.29) is 5.75 Å². The molecule has 1 heterocycles. The molecule has 0 spiro atoms. The van der Waals surface area contributed by atoms with Gasteiger partial charge in [-0.25, -0.2) is 8.42 Å². The zero-order valence-electron chi connectivity index (χ0n) is 17.3. The summed E-state index contributed by atoms with van der Waals surface area (Å²) < 4.78 is 35.6. The van der Waals surface area contributed by atoms with Crippen molar-refractivity contribution in [3.63, 3.8) is 0 Å². The van der Waals surface area contributed by atoms with Crippen molar-refractivity contribution in [3.8, 4) is 11.5 Å². The molecule has 3 rings (SSSR count). The molecule has 0 bridgehead atoms. The van der Waals surface area contributed by atoms with Crippen LogP contribution >= 0.6 is 0 Å². The van der Waals surface area contributed by atoms with E-state index in [1.54, 1.807) is 38.5 Å². The number of ether oxygens (including phenoxy) is 2. The van der Waals surface area contributed by atoms with Gasteiger partial charge in [-0.05, 0) is 80.6 Å². The highest BCUT2D eigenvalue weighted by Gasteiger charge is 2.22. The highest BCUT2D eigenvalue weighted by molar-refractivity contribution is 7.91. The number of rotatable bonds is 9. The van der Waals surface area contributed by atoms with Crippen LogP contribution in [0.5, 0.6) is 11.5 Å². The van der Waals surface area contributed by atoms with E-state index in [9.17, 15) is 8.42 Å². The van der Waals surface area contributed by atoms with Crippen LogP contribution < -0.4 is 9.47 Å². The number of sulfone groups is 1. The number of piperidine rings is 1. The van der Waals surface area contributed by atoms with Crippen molar-refractivity contribution < 1.29 is 17.9 Å². The van der Waals surface area contributed by atoms with Crippen LogP contribution in [0.2, 0.25) is 0 Å². The Morgan fingerprint density at radius 3 is 2.31 bits per heavy atom. The van der Waals surface area contributed by atoms with E-state index in [1.165, 1.54) is 12.0 Å². The first-order valence-electron chi connectivity index (χ1n) is 10.2. The average molecular weight is 418 g/mol. The fourth-order valence-corrected chi connectivity index (χ4v) is 5.14. The summed E-state index contributed by atoms with van der Waals surface area (Å²) in [6.07, 6.45) is 4.53. The number of hydrogen-bond acceptors (Lipinski definition) is 5. The lowest BCUT2D eigenvalue weighted by Crippen LogP contribution is -2.37. The lowest BCUT2D eigenvalue weighted by atomic mass is 9.90. The van der Waals surface area contributed by atoms with Gasteiger partial charge in [0.2, 0.25) is 0 Å². The molecule has 2 aromatic carbocycles. The van der Waals surface area contributed by atoms with Crippen LogP contribution in [0.1, 0.15) is 24.8 Å². The molecule has 0 saturated carbocycles. The molecule has 2 aromatic rings. The topological polar surface area (TPSA) is 55.8 Å². The Bertz CT molecular complexity index is 872. The highest BCUT2D eigenvalue weighted by atomic mass is 32.2. The lowest BCUT2D eigenvalue weighted by Gasteiger charge is -2.31. The standard InChI is InChI=1S/C23H31NO4S/c1-27-21-10-8-19(9-11-21)6-7-20-12-14-24(15-13-20)16-17-29(25,26)23-5-3-4-22(18-23)28-2/h3-5,8-11,18,20H,6-7,12-17H2,1-2H3. The van der Waals surface area contributed by atoms with Crippen LogP contribution in [0.4, 0.5) is 0 Å². The maximum absolute atomic E-state index is 12.6. The van der Waals surface area contributed by atoms with Gasteiger partial charge < -0.3 is 14.4 Å². The molecule has 0 unspecified atom stereocenters. The van der Waals surface area contributed by atoms with Gasteiger partial charge in [-0.15, -0.1) is 0 Å². The van der Waals surface area contributed by atoms with Crippen molar-refractivity contribution in [1.82, 2.24) is 4.90 Å². The predicted octanol–water partition coefficient (Wildman–Crippen LogP) is 3.82. The minimum Gasteiger partial charge on any atom is -0.497 e. The molecule has 0 radical (unpaired) electrons. The number of methoxy groups -OCH3 is 2. The largest absolute Gasteiger partial charge is 0.497 e. The summed E-state index contributed by atoms with van der Waals surface area (Å²) in [5.41, 5.74) is 1.35. The predicted molar refractivity (Wildman–Crippen MR) is 116 cm³/mol. The van der Waals surface area contributed by atoms with Gasteiger partial charge in [0.1, 0.15) is 11.5 Å². The third-order valence-electron chi connectivity index (χ3n) is 5.78. The summed E-state index contributed by atoms with van der Waals surface area (Å²) in [6, 6.07) is 15.0. The van der Waals surface area contributed by atoms with Crippen LogP contribution in [-0.4, -0.2) is 52.9 Å². The van der Waals surface area contributed by atoms with E-state index in [2.05, 4.69) is 17.0 Å². The Morgan fingerprint density at radius 1 is 0.966 bits per heavy atom. The Kier molecular flexibility index (Phi) is 7.56. The second-order valence-electron chi connectivity index (χ2n) is 7.67. The quantitative estimate of drug-likeness (QED) is 0.621. The van der Waals surface area contributed by atoms with E-state index < -0.39 is 9.84 Å². The Balaban J connectivity index is 1.42. The smallest absolute Gasteiger partial charge is 0.179 e. The van der Waals surface area contributed by atoms with Gasteiger partial charge in [-0.3, -0.25) is 0 Å². The molecule has 0 aromatic heterocycles. The normalized spacial score (nSPS) is 15.9. The summed E-state index contributed by atoms with van der Waals surface area (Å²) in [4.78, 5) is 2.62. The molecule has 1 aliphatic rings. The monoisotopic (exact) mass is 417 g/mol. The van der Waals surface area contributed by atoms with Crippen LogP contribution in [0, 0.1) is 5.92 Å². The number of aryl methyl sites for hydroxylation is 1. The second-order valence-corrected chi connectivity index (χ2v) is 9.78. The number of likely N-dealkylation sites (tertiary alicyclic amines) is 1. The van der Waals surface area contributed by atoms with Crippen molar-refractivity contribution >= 4 is 9.84 Å². The van der Waals surface area contributed by atoms with Gasteiger partial charge in [0.25, 0.3) is 0 Å². The molecule has 0 aliphatic carbocycles. The molecular weight excluding hydrogens is 386 g/mol. The summed E-state index contributed by atoms with van der Waals surface area (Å²) >= 11 is 0. The first kappa shape index (κ1) is 21.7. The fourth-order valence-electron chi connectivity index (χ4n) is 3.82. The first-order chi connectivity index (χ1) is 14.0. The highest BCUT2D eigenvalue weighted by Crippen LogP contribution is 2.24. The molecular formula is C23H31NO4S. The SMILES string of the molecule is COc1ccc(CCC2CCN(CCS(=O)(=O)c3cccc(OC)c3)CC2)cc1. The molecule has 158 valence electrons. The Labute approximate surface area is 174 Å². The molecule has 0 N–H and O–H groups in total. The molecule has 5 nitrogen and oxygen atoms in total. The summed E-state index contributed by atoms with van der Waals surface area (Å²) in [6.45, 7) is 2.53. The van der Waals surface area contributed by atoms with Crippen molar-refractivity contribution in [2.24, 2.45) is 5.92 Å². The minimum atomic E-state index is -3.29. The van der Waals surface area contributed by atoms with Gasteiger partial charge in [0, 0.05) is 6.54 Å². The summed E-state index contributed by atoms with van der Waals surface area (Å²) in [5, 5.41) is 0. The van der Waals surface area contributed by atoms with Crippen LogP contribution in [-0.2, 0) is 16.3 Å². The molecule has 1 aliphatic heterocycles. The maximum Gasteiger partial charge on any atom is 0.179 e. The van der Waals surface area contributed by atoms with Gasteiger partial charge >= 0.3 is 0 Å². The van der Waals surface area contributed by atoms with E-state index in [0.717, 1.165) is 38.1 Å². The van der Waals surface area contributed by atoms with Gasteiger partial charge in [-0.2, -0.15) is 0 Å². The first-order valence-corrected chi connectivity index (χ1v) is 11.9. The molecule has 6 heteroatoms. The van der Waals surface area contributed by atoms with Crippen LogP contribution in [0.3, 0.4) is 0 Å². The second kappa shape index (κ2) is 10.1. The maximum atomic E-state index is 12.6. The van der Waals surface area contributed by atoms with Gasteiger partial charge in [0.15, 0.2) is 9.84 Å². The molecule has 0 atom stereocenters. The third kappa shape index (κ3) is 6.21. The number of hydrogen-bond donors (Lipinski definition) is 0. The molecule has 29 heavy (non-hydrogen) atoms. The van der Waals surface area contributed by atoms with E-state index in [1.807, 2.05) is 12.1 Å². The van der Waals surface area contributed by atoms with Crippen LogP contribution in [0.15, 0.2) is 53.4 Å². The van der Waals surface area contributed by atoms with Crippen molar-refractivity contribution in [3.05, 3.63) is 54.1 Å². The number of benzene rings is 2. The summed E-state index contributed by atoms with van der Waals surface area (Å²) in [5.74, 6) is 2.33. The van der Waals surface area contributed by atoms with E-state index in [0.29, 0.717) is 23.1 Å². The van der Waals surface area contributed by atoms with Crippen molar-refractivity contribution in [2.45, 2.75) is 30.6 Å². The molecule has 1 fully saturated rings. The van der Waals surface area contributed by atoms with Crippen molar-refractivity contribution in [2.75, 3.05) is 39.6 Å². The van der Waals surface area contributed by atoms with Crippen molar-refractivity contribution in [1.29, 1.82) is 0 Å². The Hall–Kier alpha value is -2.05. The third-order valence-corrected chi connectivity index (χ3v) is 7.48. The zero-order chi connectivity index (χ0) is 20.7. The summed E-state index contributed by atoms with van der Waals surface area (Å²) in [7, 11) is -0.0583. The van der Waals surface area contributed by atoms with E-state index in [4.69, 9.17) is 9.47 Å². The van der Waals surface area contributed by atoms with Gasteiger partial charge in [0.05, 0.1) is 24.9 Å². The minimum absolute atomic E-state index is 0.149. The lowest BCUT2D eigenvalue weighted by molar-refractivity contribution is 0.187. The fraction of sp³-hybridized carbons (Fsp3) is 0.478.